The maximum Gasteiger partial charge on any atom is 0.0859 e. The van der Waals surface area contributed by atoms with Gasteiger partial charge < -0.3 is 28.5 Å². The van der Waals surface area contributed by atoms with E-state index in [1.807, 2.05) is 0 Å². The van der Waals surface area contributed by atoms with Crippen molar-refractivity contribution in [1.29, 1.82) is 0 Å². The largest absolute Gasteiger partial charge is 1.00 e. The summed E-state index contributed by atoms with van der Waals surface area (Å²) in [6, 6.07) is 1.73. The Morgan fingerprint density at radius 2 is 1.36 bits per heavy atom. The fraction of sp³-hybridized carbons (Fsp3) is 1.00. The zero-order valence-electron chi connectivity index (χ0n) is 8.10. The molecule has 0 unspecified atom stereocenters. The molecule has 1 rings (SSSR count). The van der Waals surface area contributed by atoms with Crippen molar-refractivity contribution < 1.29 is 28.5 Å². The number of nitrogens with zero attached hydrogens (tertiary/aromatic N) is 1. The summed E-state index contributed by atoms with van der Waals surface area (Å²) in [6.45, 7) is 4.74. The van der Waals surface area contributed by atoms with Gasteiger partial charge in [0.05, 0.1) is 26.2 Å². The Bertz CT molecular complexity index is 111. The first-order chi connectivity index (χ1) is 4.55. The highest BCUT2D eigenvalue weighted by atomic mass is 127. The SMILES string of the molecule is C[C@H]1CCC[C@H](C)[N+]1(C)C.[I-]. The molecule has 68 valence electrons. The number of hydrogen-bond donors (Lipinski definition) is 0. The lowest BCUT2D eigenvalue weighted by molar-refractivity contribution is -0.940. The van der Waals surface area contributed by atoms with Crippen LogP contribution in [-0.4, -0.2) is 30.7 Å². The molecular formula is C9H20IN. The van der Waals surface area contributed by atoms with Crippen LogP contribution in [0.25, 0.3) is 0 Å². The Morgan fingerprint density at radius 1 is 1.00 bits per heavy atom. The fourth-order valence-electron chi connectivity index (χ4n) is 1.81. The molecule has 0 spiro atoms. The van der Waals surface area contributed by atoms with Crippen LogP contribution in [0, 0.1) is 0 Å². The summed E-state index contributed by atoms with van der Waals surface area (Å²) in [5, 5.41) is 0. The quantitative estimate of drug-likeness (QED) is 0.392. The smallest absolute Gasteiger partial charge is 0.0859 e. The lowest BCUT2D eigenvalue weighted by Crippen LogP contribution is -3.00. The molecule has 0 aliphatic carbocycles. The van der Waals surface area contributed by atoms with Gasteiger partial charge in [0.1, 0.15) is 0 Å². The van der Waals surface area contributed by atoms with E-state index < -0.39 is 0 Å². The maximum absolute atomic E-state index is 2.37. The molecule has 1 heterocycles. The Labute approximate surface area is 87.8 Å². The lowest BCUT2D eigenvalue weighted by atomic mass is 9.96. The highest BCUT2D eigenvalue weighted by Gasteiger charge is 2.33. The van der Waals surface area contributed by atoms with Gasteiger partial charge in [0.15, 0.2) is 0 Å². The summed E-state index contributed by atoms with van der Waals surface area (Å²) in [5.41, 5.74) is 0. The zero-order valence-corrected chi connectivity index (χ0v) is 10.3. The summed E-state index contributed by atoms with van der Waals surface area (Å²) in [6.07, 6.45) is 4.26. The van der Waals surface area contributed by atoms with E-state index in [0.717, 1.165) is 12.1 Å². The van der Waals surface area contributed by atoms with E-state index in [-0.39, 0.29) is 24.0 Å². The third-order valence-electron chi connectivity index (χ3n) is 3.52. The summed E-state index contributed by atoms with van der Waals surface area (Å²) < 4.78 is 1.22. The van der Waals surface area contributed by atoms with E-state index in [9.17, 15) is 0 Å². The van der Waals surface area contributed by atoms with Gasteiger partial charge in [0, 0.05) is 0 Å². The topological polar surface area (TPSA) is 0 Å². The first-order valence-electron chi connectivity index (χ1n) is 4.38. The van der Waals surface area contributed by atoms with Crippen molar-refractivity contribution in [3.63, 3.8) is 0 Å². The van der Waals surface area contributed by atoms with Crippen LogP contribution in [0.15, 0.2) is 0 Å². The molecule has 0 amide bonds. The molecule has 1 nitrogen and oxygen atoms in total. The minimum atomic E-state index is 0. The zero-order chi connectivity index (χ0) is 7.78. The van der Waals surface area contributed by atoms with E-state index in [2.05, 4.69) is 27.9 Å². The normalized spacial score (nSPS) is 36.0. The van der Waals surface area contributed by atoms with Gasteiger partial charge in [-0.2, -0.15) is 0 Å². The molecule has 2 atom stereocenters. The number of rotatable bonds is 0. The van der Waals surface area contributed by atoms with Crippen molar-refractivity contribution in [2.45, 2.75) is 45.2 Å². The molecule has 0 saturated carbocycles. The Kier molecular flexibility index (Phi) is 4.33. The second-order valence-corrected chi connectivity index (χ2v) is 4.26. The van der Waals surface area contributed by atoms with Gasteiger partial charge in [-0.3, -0.25) is 0 Å². The number of piperidine rings is 1. The summed E-state index contributed by atoms with van der Waals surface area (Å²) >= 11 is 0. The molecule has 0 aromatic heterocycles. The lowest BCUT2D eigenvalue weighted by Gasteiger charge is -2.45. The third kappa shape index (κ3) is 2.31. The molecule has 0 N–H and O–H groups in total. The summed E-state index contributed by atoms with van der Waals surface area (Å²) in [4.78, 5) is 0. The summed E-state index contributed by atoms with van der Waals surface area (Å²) in [7, 11) is 4.71. The second kappa shape index (κ2) is 4.08. The molecule has 0 aromatic carbocycles. The van der Waals surface area contributed by atoms with Crippen molar-refractivity contribution in [2.75, 3.05) is 14.1 Å². The van der Waals surface area contributed by atoms with Crippen LogP contribution in [-0.2, 0) is 0 Å². The van der Waals surface area contributed by atoms with Crippen molar-refractivity contribution >= 4 is 0 Å². The molecule has 1 fully saturated rings. The van der Waals surface area contributed by atoms with E-state index in [1.165, 1.54) is 23.7 Å². The Balaban J connectivity index is 0.000001000. The van der Waals surface area contributed by atoms with Crippen LogP contribution in [0.4, 0.5) is 0 Å². The van der Waals surface area contributed by atoms with Crippen LogP contribution in [0.3, 0.4) is 0 Å². The predicted molar refractivity (Wildman–Crippen MR) is 44.9 cm³/mol. The first kappa shape index (κ1) is 11.7. The molecule has 2 heteroatoms. The van der Waals surface area contributed by atoms with Crippen molar-refractivity contribution in [2.24, 2.45) is 0 Å². The van der Waals surface area contributed by atoms with Gasteiger partial charge in [-0.25, -0.2) is 0 Å². The van der Waals surface area contributed by atoms with Crippen LogP contribution in [0.1, 0.15) is 33.1 Å². The minimum Gasteiger partial charge on any atom is -1.00 e. The van der Waals surface area contributed by atoms with Gasteiger partial charge in [0.25, 0.3) is 0 Å². The van der Waals surface area contributed by atoms with Crippen LogP contribution < -0.4 is 24.0 Å². The molecule has 1 saturated heterocycles. The monoisotopic (exact) mass is 269 g/mol. The Morgan fingerprint density at radius 3 is 1.64 bits per heavy atom. The molecule has 1 aliphatic heterocycles. The fourth-order valence-corrected chi connectivity index (χ4v) is 1.81. The van der Waals surface area contributed by atoms with Gasteiger partial charge in [0.2, 0.25) is 0 Å². The second-order valence-electron chi connectivity index (χ2n) is 4.26. The average molecular weight is 269 g/mol. The van der Waals surface area contributed by atoms with E-state index in [4.69, 9.17) is 0 Å². The van der Waals surface area contributed by atoms with Gasteiger partial charge in [-0.1, -0.05) is 0 Å². The van der Waals surface area contributed by atoms with Gasteiger partial charge >= 0.3 is 0 Å². The molecule has 0 aromatic rings. The van der Waals surface area contributed by atoms with Gasteiger partial charge in [-0.15, -0.1) is 0 Å². The van der Waals surface area contributed by atoms with Crippen LogP contribution in [0.2, 0.25) is 0 Å². The molecule has 1 aliphatic rings. The van der Waals surface area contributed by atoms with Crippen LogP contribution >= 0.6 is 0 Å². The van der Waals surface area contributed by atoms with E-state index in [0.29, 0.717) is 0 Å². The number of quaternary nitrogens is 1. The third-order valence-corrected chi connectivity index (χ3v) is 3.52. The first-order valence-corrected chi connectivity index (χ1v) is 4.38. The van der Waals surface area contributed by atoms with E-state index >= 15 is 0 Å². The Hall–Kier alpha value is 0.690. The van der Waals surface area contributed by atoms with Crippen molar-refractivity contribution in [1.82, 2.24) is 0 Å². The average Bonchev–Trinajstić information content (AvgIpc) is 1.84. The highest BCUT2D eigenvalue weighted by molar-refractivity contribution is 4.64. The molecule has 11 heavy (non-hydrogen) atoms. The highest BCUT2D eigenvalue weighted by Crippen LogP contribution is 2.26. The molecular weight excluding hydrogens is 249 g/mol. The van der Waals surface area contributed by atoms with Crippen LogP contribution in [0.5, 0.6) is 0 Å². The number of likely N-dealkylation sites (tertiary alicyclic amines) is 1. The summed E-state index contributed by atoms with van der Waals surface area (Å²) in [5.74, 6) is 0. The number of hydrogen-bond acceptors (Lipinski definition) is 0. The maximum atomic E-state index is 2.37. The predicted octanol–water partition coefficient (Wildman–Crippen LogP) is -0.972. The van der Waals surface area contributed by atoms with Crippen molar-refractivity contribution in [3.05, 3.63) is 0 Å². The standard InChI is InChI=1S/C9H20N.HI/c1-8-6-5-7-9(2)10(8,3)4;/h8-9H,5-7H2,1-4H3;1H/q+1;/p-1/t8-,9-;/m0./s1. The molecule has 0 bridgehead atoms. The van der Waals surface area contributed by atoms with E-state index in [1.54, 1.807) is 0 Å². The van der Waals surface area contributed by atoms with Crippen molar-refractivity contribution in [3.8, 4) is 0 Å². The van der Waals surface area contributed by atoms with Gasteiger partial charge in [-0.05, 0) is 33.1 Å². The molecule has 0 radical (unpaired) electrons. The number of halogens is 1. The minimum absolute atomic E-state index is 0.